The number of rotatable bonds is 6. The van der Waals surface area contributed by atoms with Crippen molar-refractivity contribution >= 4 is 40.6 Å². The molecule has 1 aliphatic rings. The van der Waals surface area contributed by atoms with Crippen molar-refractivity contribution in [2.45, 2.75) is 19.8 Å². The van der Waals surface area contributed by atoms with Crippen molar-refractivity contribution in [2.75, 3.05) is 6.61 Å². The number of amidine groups is 1. The van der Waals surface area contributed by atoms with Crippen molar-refractivity contribution in [3.63, 3.8) is 0 Å². The number of thioether (sulfide) groups is 1. The Morgan fingerprint density at radius 2 is 2.04 bits per heavy atom. The Labute approximate surface area is 167 Å². The number of hydrogen-bond donors (Lipinski definition) is 2. The van der Waals surface area contributed by atoms with Gasteiger partial charge in [-0.05, 0) is 66.2 Å². The number of phenols is 1. The zero-order valence-electron chi connectivity index (χ0n) is 15.3. The minimum absolute atomic E-state index is 0.139. The molecule has 1 heterocycles. The smallest absolute Gasteiger partial charge is 0.338 e. The lowest BCUT2D eigenvalue weighted by Gasteiger charge is -2.04. The van der Waals surface area contributed by atoms with Crippen LogP contribution in [0.1, 0.15) is 35.7 Å². The molecule has 2 N–H and O–H groups in total. The van der Waals surface area contributed by atoms with Crippen molar-refractivity contribution in [3.05, 3.63) is 64.6 Å². The van der Waals surface area contributed by atoms with E-state index in [9.17, 15) is 14.7 Å². The van der Waals surface area contributed by atoms with Gasteiger partial charge in [-0.3, -0.25) is 4.79 Å². The van der Waals surface area contributed by atoms with Gasteiger partial charge in [0.2, 0.25) is 0 Å². The topological polar surface area (TPSA) is 88.0 Å². The Morgan fingerprint density at radius 1 is 1.25 bits per heavy atom. The lowest BCUT2D eigenvalue weighted by Crippen LogP contribution is -2.19. The third-order valence-electron chi connectivity index (χ3n) is 3.88. The molecule has 1 fully saturated rings. The molecule has 1 amide bonds. The molecular formula is C21H20N2O4S. The second-order valence-corrected chi connectivity index (χ2v) is 7.14. The van der Waals surface area contributed by atoms with Crippen molar-refractivity contribution in [3.8, 4) is 5.75 Å². The van der Waals surface area contributed by atoms with E-state index in [1.54, 1.807) is 54.6 Å². The number of esters is 1. The first-order valence-corrected chi connectivity index (χ1v) is 9.72. The first kappa shape index (κ1) is 19.7. The van der Waals surface area contributed by atoms with Crippen LogP contribution < -0.4 is 5.32 Å². The van der Waals surface area contributed by atoms with Gasteiger partial charge in [-0.2, -0.15) is 0 Å². The van der Waals surface area contributed by atoms with E-state index in [1.807, 2.05) is 6.92 Å². The molecule has 0 saturated carbocycles. The zero-order valence-corrected chi connectivity index (χ0v) is 16.2. The average molecular weight is 396 g/mol. The number of ether oxygens (including phenoxy) is 1. The lowest BCUT2D eigenvalue weighted by molar-refractivity contribution is -0.115. The van der Waals surface area contributed by atoms with Gasteiger partial charge < -0.3 is 15.2 Å². The number of nitrogens with one attached hydrogen (secondary N) is 1. The normalized spacial score (nSPS) is 16.4. The summed E-state index contributed by atoms with van der Waals surface area (Å²) < 4.78 is 5.17. The fourth-order valence-electron chi connectivity index (χ4n) is 2.43. The highest BCUT2D eigenvalue weighted by molar-refractivity contribution is 8.18. The van der Waals surface area contributed by atoms with E-state index in [0.29, 0.717) is 27.9 Å². The molecule has 0 aromatic heterocycles. The Balaban J connectivity index is 1.67. The summed E-state index contributed by atoms with van der Waals surface area (Å²) in [6.07, 6.45) is 3.50. The van der Waals surface area contributed by atoms with Crippen LogP contribution in [0, 0.1) is 0 Å². The lowest BCUT2D eigenvalue weighted by atomic mass is 10.2. The van der Waals surface area contributed by atoms with E-state index >= 15 is 0 Å². The van der Waals surface area contributed by atoms with E-state index in [0.717, 1.165) is 18.4 Å². The van der Waals surface area contributed by atoms with Gasteiger partial charge in [0.25, 0.3) is 5.91 Å². The maximum atomic E-state index is 12.1. The monoisotopic (exact) mass is 396 g/mol. The molecule has 0 unspecified atom stereocenters. The van der Waals surface area contributed by atoms with Gasteiger partial charge >= 0.3 is 5.97 Å². The van der Waals surface area contributed by atoms with E-state index in [-0.39, 0.29) is 17.6 Å². The van der Waals surface area contributed by atoms with Gasteiger partial charge in [0.15, 0.2) is 5.17 Å². The molecule has 0 aliphatic carbocycles. The predicted octanol–water partition coefficient (Wildman–Crippen LogP) is 4.24. The first-order chi connectivity index (χ1) is 13.5. The van der Waals surface area contributed by atoms with Crippen LogP contribution in [-0.2, 0) is 9.53 Å². The third-order valence-corrected chi connectivity index (χ3v) is 4.79. The maximum absolute atomic E-state index is 12.1. The van der Waals surface area contributed by atoms with Crippen LogP contribution in [0.5, 0.6) is 5.75 Å². The Morgan fingerprint density at radius 3 is 2.75 bits per heavy atom. The van der Waals surface area contributed by atoms with E-state index < -0.39 is 0 Å². The Hall–Kier alpha value is -3.06. The average Bonchev–Trinajstić information content (AvgIpc) is 3.01. The van der Waals surface area contributed by atoms with E-state index in [1.165, 1.54) is 11.8 Å². The Kier molecular flexibility index (Phi) is 6.49. The maximum Gasteiger partial charge on any atom is 0.338 e. The zero-order chi connectivity index (χ0) is 19.9. The number of aliphatic imine (C=N–C) groups is 1. The fraction of sp³-hybridized carbons (Fsp3) is 0.190. The summed E-state index contributed by atoms with van der Waals surface area (Å²) in [7, 11) is 0. The van der Waals surface area contributed by atoms with E-state index in [4.69, 9.17) is 4.74 Å². The second-order valence-electron chi connectivity index (χ2n) is 6.11. The number of aromatic hydroxyl groups is 1. The summed E-state index contributed by atoms with van der Waals surface area (Å²) >= 11 is 1.22. The summed E-state index contributed by atoms with van der Waals surface area (Å²) in [4.78, 5) is 28.9. The van der Waals surface area contributed by atoms with Crippen molar-refractivity contribution in [2.24, 2.45) is 4.99 Å². The van der Waals surface area contributed by atoms with Crippen LogP contribution in [-0.4, -0.2) is 28.8 Å². The predicted molar refractivity (Wildman–Crippen MR) is 111 cm³/mol. The van der Waals surface area contributed by atoms with Gasteiger partial charge in [-0.15, -0.1) is 0 Å². The minimum Gasteiger partial charge on any atom is -0.508 e. The van der Waals surface area contributed by atoms with Gasteiger partial charge in [0, 0.05) is 0 Å². The van der Waals surface area contributed by atoms with Gasteiger partial charge in [0.1, 0.15) is 5.75 Å². The van der Waals surface area contributed by atoms with Crippen LogP contribution in [0.3, 0.4) is 0 Å². The van der Waals surface area contributed by atoms with Crippen LogP contribution in [0.15, 0.2) is 58.4 Å². The number of hydrogen-bond acceptors (Lipinski definition) is 6. The third kappa shape index (κ3) is 5.23. The molecule has 0 radical (unpaired) electrons. The fourth-order valence-corrected chi connectivity index (χ4v) is 3.27. The molecule has 144 valence electrons. The summed E-state index contributed by atoms with van der Waals surface area (Å²) in [5.74, 6) is -0.462. The number of amides is 1. The SMILES string of the molecule is CCCCOC(=O)c1ccc(N=C2NC(=O)/C(=C/c3cccc(O)c3)S2)cc1. The first-order valence-electron chi connectivity index (χ1n) is 8.91. The van der Waals surface area contributed by atoms with Gasteiger partial charge in [-0.25, -0.2) is 9.79 Å². The molecule has 3 rings (SSSR count). The van der Waals surface area contributed by atoms with Gasteiger partial charge in [-0.1, -0.05) is 25.5 Å². The molecule has 28 heavy (non-hydrogen) atoms. The number of nitrogens with zero attached hydrogens (tertiary/aromatic N) is 1. The summed E-state index contributed by atoms with van der Waals surface area (Å²) in [6.45, 7) is 2.45. The molecule has 0 atom stereocenters. The highest BCUT2D eigenvalue weighted by atomic mass is 32.2. The molecule has 6 nitrogen and oxygen atoms in total. The highest BCUT2D eigenvalue weighted by Gasteiger charge is 2.23. The quantitative estimate of drug-likeness (QED) is 0.433. The molecule has 7 heteroatoms. The number of benzene rings is 2. The van der Waals surface area contributed by atoms with Crippen LogP contribution in [0.2, 0.25) is 0 Å². The number of carbonyl (C=O) groups excluding carboxylic acids is 2. The molecule has 2 aromatic carbocycles. The number of phenolic OH excluding ortho intramolecular Hbond substituents is 1. The van der Waals surface area contributed by atoms with Crippen LogP contribution in [0.4, 0.5) is 5.69 Å². The second kappa shape index (κ2) is 9.23. The molecule has 2 aromatic rings. The summed E-state index contributed by atoms with van der Waals surface area (Å²) in [6, 6.07) is 13.4. The molecule has 1 saturated heterocycles. The highest BCUT2D eigenvalue weighted by Crippen LogP contribution is 2.28. The number of unbranched alkanes of at least 4 members (excludes halogenated alkanes) is 1. The van der Waals surface area contributed by atoms with E-state index in [2.05, 4.69) is 10.3 Å². The molecule has 1 aliphatic heterocycles. The largest absolute Gasteiger partial charge is 0.508 e. The molecular weight excluding hydrogens is 376 g/mol. The minimum atomic E-state index is -0.354. The van der Waals surface area contributed by atoms with Crippen molar-refractivity contribution in [1.82, 2.24) is 5.32 Å². The molecule has 0 bridgehead atoms. The Bertz CT molecular complexity index is 936. The van der Waals surface area contributed by atoms with Crippen LogP contribution in [0.25, 0.3) is 6.08 Å². The standard InChI is InChI=1S/C21H20N2O4S/c1-2-3-11-27-20(26)15-7-9-16(10-8-15)22-21-23-19(25)18(28-21)13-14-5-4-6-17(24)12-14/h4-10,12-13,24H,2-3,11H2,1H3,(H,22,23,25)/b18-13-. The van der Waals surface area contributed by atoms with Crippen molar-refractivity contribution in [1.29, 1.82) is 0 Å². The van der Waals surface area contributed by atoms with Gasteiger partial charge in [0.05, 0.1) is 22.8 Å². The number of carbonyl (C=O) groups is 2. The summed E-state index contributed by atoms with van der Waals surface area (Å²) in [5, 5.41) is 12.7. The van der Waals surface area contributed by atoms with Crippen LogP contribution >= 0.6 is 11.8 Å². The summed E-state index contributed by atoms with van der Waals surface area (Å²) in [5.41, 5.74) is 1.81. The molecule has 0 spiro atoms. The van der Waals surface area contributed by atoms with Crippen molar-refractivity contribution < 1.29 is 19.4 Å².